The Labute approximate surface area is 369 Å². The van der Waals surface area contributed by atoms with E-state index in [1.165, 1.54) is 6.92 Å². The first-order chi connectivity index (χ1) is 29.9. The second kappa shape index (κ2) is 28.5. The molecule has 63 heavy (non-hydrogen) atoms. The topological polar surface area (TPSA) is 357 Å². The third kappa shape index (κ3) is 19.0. The number of carbonyl (C=O) groups excluding carboxylic acids is 8. The number of hydrogen-bond acceptors (Lipinski definition) is 13. The van der Waals surface area contributed by atoms with E-state index in [0.717, 1.165) is 12.8 Å². The normalized spacial score (nSPS) is 25.0. The van der Waals surface area contributed by atoms with Crippen molar-refractivity contribution in [3.05, 3.63) is 35.9 Å². The van der Waals surface area contributed by atoms with E-state index in [1.54, 1.807) is 30.3 Å². The number of nitrogens with one attached hydrogen (secondary N) is 8. The predicted octanol–water partition coefficient (Wildman–Crippen LogP) is -3.48. The fourth-order valence-corrected chi connectivity index (χ4v) is 6.83. The van der Waals surface area contributed by atoms with Crippen LogP contribution in [0.2, 0.25) is 0 Å². The lowest BCUT2D eigenvalue weighted by Gasteiger charge is -2.28. The number of aliphatic hydroxyl groups is 1. The monoisotopic (exact) mass is 889 g/mol. The van der Waals surface area contributed by atoms with Gasteiger partial charge >= 0.3 is 0 Å². The summed E-state index contributed by atoms with van der Waals surface area (Å²) in [5.74, 6) is -6.42. The fourth-order valence-electron chi connectivity index (χ4n) is 6.83. The Morgan fingerprint density at radius 1 is 0.683 bits per heavy atom. The highest BCUT2D eigenvalue weighted by atomic mass is 16.3. The van der Waals surface area contributed by atoms with Crippen LogP contribution in [-0.4, -0.2) is 133 Å². The summed E-state index contributed by atoms with van der Waals surface area (Å²) < 4.78 is 0. The molecule has 0 aliphatic carbocycles. The molecule has 0 aromatic heterocycles. The van der Waals surface area contributed by atoms with Gasteiger partial charge < -0.3 is 70.6 Å². The van der Waals surface area contributed by atoms with Crippen molar-refractivity contribution in [2.24, 2.45) is 28.9 Å². The van der Waals surface area contributed by atoms with Crippen LogP contribution >= 0.6 is 0 Å². The highest BCUT2D eigenvalue weighted by Crippen LogP contribution is 2.11. The van der Waals surface area contributed by atoms with Crippen LogP contribution in [0.3, 0.4) is 0 Å². The Morgan fingerprint density at radius 2 is 1.16 bits per heavy atom. The van der Waals surface area contributed by atoms with Gasteiger partial charge in [-0.25, -0.2) is 0 Å². The van der Waals surface area contributed by atoms with Crippen LogP contribution in [0.1, 0.15) is 91.0 Å². The third-order valence-electron chi connectivity index (χ3n) is 10.4. The van der Waals surface area contributed by atoms with Crippen molar-refractivity contribution in [1.29, 1.82) is 0 Å². The first-order valence-corrected chi connectivity index (χ1v) is 21.9. The van der Waals surface area contributed by atoms with Gasteiger partial charge in [-0.2, -0.15) is 0 Å². The molecule has 8 amide bonds. The SMILES string of the molecule is CCCCC[C@H](N)C(=O)N[C@H]1CCNC(=O)[C@H]([C@@H](C)O)NC(=O)[C@H](CCN)NC(=O)[C@H](CCN)NC(=O)[C@H](CC(C)C)NC(=O)[C@@H](Cc2ccccc2)NC(=O)[C@H](CCN)NC1=O. The molecule has 1 aromatic carbocycles. The Balaban J connectivity index is 2.68. The molecular formula is C42H72N12O9. The molecule has 2 rings (SSSR count). The van der Waals surface area contributed by atoms with Gasteiger partial charge in [-0.15, -0.1) is 0 Å². The van der Waals surface area contributed by atoms with E-state index in [-0.39, 0.29) is 70.6 Å². The summed E-state index contributed by atoms with van der Waals surface area (Å²) >= 11 is 0. The zero-order valence-electron chi connectivity index (χ0n) is 37.1. The minimum absolute atomic E-state index is 0.0255. The first kappa shape index (κ1) is 53.9. The highest BCUT2D eigenvalue weighted by molar-refractivity contribution is 5.98. The van der Waals surface area contributed by atoms with Gasteiger partial charge in [0.1, 0.15) is 42.3 Å². The van der Waals surface area contributed by atoms with E-state index in [2.05, 4.69) is 42.5 Å². The zero-order valence-corrected chi connectivity index (χ0v) is 37.1. The molecule has 1 saturated heterocycles. The Kier molecular flexibility index (Phi) is 24.4. The summed E-state index contributed by atoms with van der Waals surface area (Å²) in [7, 11) is 0. The van der Waals surface area contributed by atoms with Crippen molar-refractivity contribution >= 4 is 47.3 Å². The molecule has 17 N–H and O–H groups in total. The third-order valence-corrected chi connectivity index (χ3v) is 10.4. The van der Waals surface area contributed by atoms with Crippen molar-refractivity contribution in [2.45, 2.75) is 146 Å². The summed E-state index contributed by atoms with van der Waals surface area (Å²) in [5, 5.41) is 31.5. The second-order valence-electron chi connectivity index (χ2n) is 16.3. The smallest absolute Gasteiger partial charge is 0.245 e. The number of carbonyl (C=O) groups is 8. The minimum Gasteiger partial charge on any atom is -0.391 e. The van der Waals surface area contributed by atoms with Gasteiger partial charge in [-0.1, -0.05) is 70.4 Å². The number of amides is 8. The number of benzene rings is 1. The van der Waals surface area contributed by atoms with Crippen molar-refractivity contribution in [3.8, 4) is 0 Å². The maximum Gasteiger partial charge on any atom is 0.245 e. The average molecular weight is 889 g/mol. The van der Waals surface area contributed by atoms with Crippen LogP contribution in [0, 0.1) is 5.92 Å². The summed E-state index contributed by atoms with van der Waals surface area (Å²) in [4.78, 5) is 110. The van der Waals surface area contributed by atoms with Gasteiger partial charge in [0.15, 0.2) is 0 Å². The van der Waals surface area contributed by atoms with E-state index in [9.17, 15) is 43.5 Å². The lowest BCUT2D eigenvalue weighted by molar-refractivity contribution is -0.136. The largest absolute Gasteiger partial charge is 0.391 e. The van der Waals surface area contributed by atoms with E-state index in [1.807, 2.05) is 20.8 Å². The van der Waals surface area contributed by atoms with Crippen LogP contribution in [0.25, 0.3) is 0 Å². The molecule has 0 bridgehead atoms. The summed E-state index contributed by atoms with van der Waals surface area (Å²) in [6.45, 7) is 6.42. The molecule has 0 radical (unpaired) electrons. The number of unbranched alkanes of at least 4 members (excludes halogenated alkanes) is 2. The maximum absolute atomic E-state index is 14.2. The molecule has 0 unspecified atom stereocenters. The fraction of sp³-hybridized carbons (Fsp3) is 0.667. The van der Waals surface area contributed by atoms with Crippen molar-refractivity contribution in [2.75, 3.05) is 26.2 Å². The number of nitrogens with two attached hydrogens (primary N) is 4. The van der Waals surface area contributed by atoms with Gasteiger partial charge in [-0.05, 0) is 76.6 Å². The van der Waals surface area contributed by atoms with Crippen molar-refractivity contribution in [1.82, 2.24) is 42.5 Å². The molecule has 21 nitrogen and oxygen atoms in total. The molecule has 1 aliphatic heterocycles. The molecule has 1 fully saturated rings. The molecule has 0 spiro atoms. The van der Waals surface area contributed by atoms with E-state index >= 15 is 0 Å². The lowest BCUT2D eigenvalue weighted by atomic mass is 10.00. The standard InChI is InChI=1S/C42H72N12O9/c1-5-6-8-13-27(46)35(56)48-31-17-21-47-42(63)34(25(4)55)54-39(60)30(16-20-45)50-36(57)28(14-18-43)51-40(61)32(22-24(2)3)52-41(62)33(23-26-11-9-7-10-12-26)53-37(58)29(15-19-44)49-38(31)59/h7,9-12,24-25,27-34,55H,5-6,8,13-23,43-46H2,1-4H3,(H,47,63)(H,48,56)(H,49,59)(H,50,57)(H,51,61)(H,52,62)(H,53,58)(H,54,60)/t25-,27+,28+,29+,30+,31+,32+,33-,34+/m1/s1. The number of aliphatic hydroxyl groups excluding tert-OH is 1. The van der Waals surface area contributed by atoms with Gasteiger partial charge in [0, 0.05) is 13.0 Å². The Hall–Kier alpha value is -5.22. The maximum atomic E-state index is 14.2. The second-order valence-corrected chi connectivity index (χ2v) is 16.3. The molecule has 1 aliphatic rings. The van der Waals surface area contributed by atoms with Gasteiger partial charge in [0.05, 0.1) is 12.1 Å². The van der Waals surface area contributed by atoms with E-state index in [4.69, 9.17) is 22.9 Å². The van der Waals surface area contributed by atoms with E-state index < -0.39 is 102 Å². The summed E-state index contributed by atoms with van der Waals surface area (Å²) in [6, 6.07) is -1.51. The van der Waals surface area contributed by atoms with E-state index in [0.29, 0.717) is 18.4 Å². The molecule has 354 valence electrons. The highest BCUT2D eigenvalue weighted by Gasteiger charge is 2.35. The van der Waals surface area contributed by atoms with Gasteiger partial charge in [-0.3, -0.25) is 38.4 Å². The van der Waals surface area contributed by atoms with Gasteiger partial charge in [0.2, 0.25) is 47.3 Å². The zero-order chi connectivity index (χ0) is 47.1. The van der Waals surface area contributed by atoms with Crippen LogP contribution in [0.5, 0.6) is 0 Å². The van der Waals surface area contributed by atoms with Crippen molar-refractivity contribution in [3.63, 3.8) is 0 Å². The van der Waals surface area contributed by atoms with Crippen LogP contribution in [-0.2, 0) is 44.8 Å². The lowest BCUT2D eigenvalue weighted by Crippen LogP contribution is -2.61. The van der Waals surface area contributed by atoms with Crippen LogP contribution in [0.4, 0.5) is 0 Å². The molecule has 1 heterocycles. The van der Waals surface area contributed by atoms with Crippen LogP contribution < -0.4 is 65.5 Å². The van der Waals surface area contributed by atoms with Crippen LogP contribution in [0.15, 0.2) is 30.3 Å². The predicted molar refractivity (Wildman–Crippen MR) is 236 cm³/mol. The van der Waals surface area contributed by atoms with Gasteiger partial charge in [0.25, 0.3) is 0 Å². The Bertz CT molecular complexity index is 1650. The number of rotatable bonds is 17. The first-order valence-electron chi connectivity index (χ1n) is 21.9. The molecule has 1 aromatic rings. The Morgan fingerprint density at radius 3 is 1.67 bits per heavy atom. The summed E-state index contributed by atoms with van der Waals surface area (Å²) in [5.41, 5.74) is 24.3. The minimum atomic E-state index is -1.55. The summed E-state index contributed by atoms with van der Waals surface area (Å²) in [6.07, 6.45) is 0.870. The molecule has 9 atom stereocenters. The molecule has 0 saturated carbocycles. The van der Waals surface area contributed by atoms with Crippen molar-refractivity contribution < 1.29 is 43.5 Å². The molecular weight excluding hydrogens is 817 g/mol. The molecule has 21 heteroatoms. The number of hydrogen-bond donors (Lipinski definition) is 13. The average Bonchev–Trinajstić information content (AvgIpc) is 3.23. The quantitative estimate of drug-likeness (QED) is 0.0677.